The number of hydrogen-bond acceptors (Lipinski definition) is 4. The second kappa shape index (κ2) is 7.93. The fourth-order valence-electron chi connectivity index (χ4n) is 2.44. The first-order chi connectivity index (χ1) is 12.5. The van der Waals surface area contributed by atoms with Crippen LogP contribution < -0.4 is 5.32 Å². The Bertz CT molecular complexity index is 916. The van der Waals surface area contributed by atoms with Crippen molar-refractivity contribution in [2.24, 2.45) is 0 Å². The Morgan fingerprint density at radius 3 is 2.62 bits per heavy atom. The molecule has 0 aliphatic carbocycles. The number of rotatable bonds is 6. The summed E-state index contributed by atoms with van der Waals surface area (Å²) in [6.45, 7) is 4.82. The van der Waals surface area contributed by atoms with E-state index < -0.39 is 0 Å². The topological polar surface area (TPSA) is 73.0 Å². The summed E-state index contributed by atoms with van der Waals surface area (Å²) in [5.41, 5.74) is 2.96. The van der Waals surface area contributed by atoms with E-state index >= 15 is 0 Å². The van der Waals surface area contributed by atoms with Gasteiger partial charge in [-0.1, -0.05) is 58.2 Å². The van der Waals surface area contributed by atoms with E-state index in [1.54, 1.807) is 17.7 Å². The maximum atomic E-state index is 12.2. The first-order valence-corrected chi connectivity index (χ1v) is 8.91. The molecule has 1 N–H and O–H groups in total. The number of aromatic nitrogens is 3. The number of nitrogens with zero attached hydrogens (tertiary/aromatic N) is 3. The Balaban J connectivity index is 1.52. The molecule has 6 nitrogen and oxygen atoms in total. The number of aryl methyl sites for hydroxylation is 3. The standard InChI is InChI=1S/C18H18Cl2N4O2/c1-11-4-6-13(7-5-11)15-10-14(23-26-15)18(25)21-8-3-9-24-17(20)16(19)12(2)22-24/h4-7,10H,3,8-9H2,1-2H3,(H,21,25). The number of carbonyl (C=O) groups excluding carboxylic acids is 1. The molecule has 1 aromatic carbocycles. The Morgan fingerprint density at radius 2 is 1.96 bits per heavy atom. The lowest BCUT2D eigenvalue weighted by molar-refractivity contribution is 0.0943. The molecular weight excluding hydrogens is 375 g/mol. The minimum atomic E-state index is -0.284. The van der Waals surface area contributed by atoms with Gasteiger partial charge in [0.25, 0.3) is 5.91 Å². The monoisotopic (exact) mass is 392 g/mol. The van der Waals surface area contributed by atoms with E-state index in [1.165, 1.54) is 0 Å². The molecule has 0 saturated carbocycles. The van der Waals surface area contributed by atoms with Gasteiger partial charge >= 0.3 is 0 Å². The van der Waals surface area contributed by atoms with Crippen molar-refractivity contribution in [3.05, 3.63) is 57.5 Å². The molecule has 0 radical (unpaired) electrons. The highest BCUT2D eigenvalue weighted by atomic mass is 35.5. The predicted molar refractivity (Wildman–Crippen MR) is 101 cm³/mol. The molecule has 0 aliphatic rings. The molecule has 0 fully saturated rings. The third-order valence-electron chi connectivity index (χ3n) is 3.91. The third kappa shape index (κ3) is 4.08. The van der Waals surface area contributed by atoms with E-state index in [0.717, 1.165) is 11.1 Å². The van der Waals surface area contributed by atoms with E-state index in [4.69, 9.17) is 27.7 Å². The van der Waals surface area contributed by atoms with Crippen molar-refractivity contribution in [2.75, 3.05) is 6.54 Å². The van der Waals surface area contributed by atoms with Crippen molar-refractivity contribution in [1.29, 1.82) is 0 Å². The van der Waals surface area contributed by atoms with Crippen molar-refractivity contribution >= 4 is 29.1 Å². The van der Waals surface area contributed by atoms with Gasteiger partial charge in [-0.25, -0.2) is 0 Å². The minimum Gasteiger partial charge on any atom is -0.355 e. The molecule has 26 heavy (non-hydrogen) atoms. The van der Waals surface area contributed by atoms with Crippen molar-refractivity contribution in [2.45, 2.75) is 26.8 Å². The van der Waals surface area contributed by atoms with Crippen LogP contribution >= 0.6 is 23.2 Å². The summed E-state index contributed by atoms with van der Waals surface area (Å²) < 4.78 is 6.88. The Kier molecular flexibility index (Phi) is 5.64. The number of nitrogens with one attached hydrogen (secondary N) is 1. The minimum absolute atomic E-state index is 0.247. The summed E-state index contributed by atoms with van der Waals surface area (Å²) >= 11 is 12.1. The van der Waals surface area contributed by atoms with Crippen LogP contribution in [0.25, 0.3) is 11.3 Å². The molecular formula is C18H18Cl2N4O2. The summed E-state index contributed by atoms with van der Waals surface area (Å²) in [5.74, 6) is 0.275. The van der Waals surface area contributed by atoms with E-state index in [0.29, 0.717) is 41.1 Å². The van der Waals surface area contributed by atoms with Gasteiger partial charge in [0.05, 0.1) is 5.69 Å². The first-order valence-electron chi connectivity index (χ1n) is 8.16. The van der Waals surface area contributed by atoms with Gasteiger partial charge < -0.3 is 9.84 Å². The number of amides is 1. The second-order valence-electron chi connectivity index (χ2n) is 5.97. The van der Waals surface area contributed by atoms with E-state index in [1.807, 2.05) is 31.2 Å². The highest BCUT2D eigenvalue weighted by Gasteiger charge is 2.14. The van der Waals surface area contributed by atoms with Crippen LogP contribution in [0.2, 0.25) is 10.2 Å². The van der Waals surface area contributed by atoms with Gasteiger partial charge in [0, 0.05) is 24.7 Å². The van der Waals surface area contributed by atoms with Crippen LogP contribution in [0.5, 0.6) is 0 Å². The maximum absolute atomic E-state index is 12.2. The lowest BCUT2D eigenvalue weighted by atomic mass is 10.1. The molecule has 136 valence electrons. The highest BCUT2D eigenvalue weighted by molar-refractivity contribution is 6.41. The van der Waals surface area contributed by atoms with Crippen LogP contribution in [0.1, 0.15) is 28.2 Å². The fraction of sp³-hybridized carbons (Fsp3) is 0.278. The zero-order chi connectivity index (χ0) is 18.7. The highest BCUT2D eigenvalue weighted by Crippen LogP contribution is 2.25. The van der Waals surface area contributed by atoms with Crippen molar-refractivity contribution in [3.8, 4) is 11.3 Å². The van der Waals surface area contributed by atoms with Crippen LogP contribution in [-0.4, -0.2) is 27.4 Å². The molecule has 8 heteroatoms. The van der Waals surface area contributed by atoms with E-state index in [2.05, 4.69) is 15.6 Å². The molecule has 0 bridgehead atoms. The van der Waals surface area contributed by atoms with Gasteiger partial charge in [-0.05, 0) is 20.3 Å². The van der Waals surface area contributed by atoms with Gasteiger partial charge in [-0.3, -0.25) is 9.48 Å². The normalized spacial score (nSPS) is 10.9. The number of carbonyl (C=O) groups is 1. The Hall–Kier alpha value is -2.31. The number of halogens is 2. The predicted octanol–water partition coefficient (Wildman–Crippen LogP) is 4.28. The van der Waals surface area contributed by atoms with Crippen LogP contribution in [0.4, 0.5) is 0 Å². The van der Waals surface area contributed by atoms with Crippen molar-refractivity contribution < 1.29 is 9.32 Å². The lowest BCUT2D eigenvalue weighted by Crippen LogP contribution is -2.25. The molecule has 3 rings (SSSR count). The fourth-order valence-corrected chi connectivity index (χ4v) is 2.83. The molecule has 2 heterocycles. The van der Waals surface area contributed by atoms with Crippen LogP contribution in [0.3, 0.4) is 0 Å². The average Bonchev–Trinajstić information content (AvgIpc) is 3.21. The van der Waals surface area contributed by atoms with Crippen LogP contribution in [0.15, 0.2) is 34.9 Å². The van der Waals surface area contributed by atoms with Gasteiger partial charge in [-0.2, -0.15) is 5.10 Å². The molecule has 1 amide bonds. The SMILES string of the molecule is Cc1ccc(-c2cc(C(=O)NCCCn3nc(C)c(Cl)c3Cl)no2)cc1. The smallest absolute Gasteiger partial charge is 0.273 e. The number of hydrogen-bond donors (Lipinski definition) is 1. The molecule has 0 atom stereocenters. The van der Waals surface area contributed by atoms with E-state index in [-0.39, 0.29) is 11.6 Å². The largest absolute Gasteiger partial charge is 0.355 e. The lowest BCUT2D eigenvalue weighted by Gasteiger charge is -2.04. The summed E-state index contributed by atoms with van der Waals surface area (Å²) in [7, 11) is 0. The van der Waals surface area contributed by atoms with Crippen LogP contribution in [0, 0.1) is 13.8 Å². The quantitative estimate of drug-likeness (QED) is 0.635. The zero-order valence-corrected chi connectivity index (χ0v) is 15.9. The zero-order valence-electron chi connectivity index (χ0n) is 14.4. The summed E-state index contributed by atoms with van der Waals surface area (Å²) in [6, 6.07) is 9.45. The summed E-state index contributed by atoms with van der Waals surface area (Å²) in [4.78, 5) is 12.2. The molecule has 3 aromatic rings. The average molecular weight is 393 g/mol. The van der Waals surface area contributed by atoms with Gasteiger partial charge in [0.15, 0.2) is 11.5 Å². The molecule has 0 aliphatic heterocycles. The Labute approximate surface area is 161 Å². The maximum Gasteiger partial charge on any atom is 0.273 e. The van der Waals surface area contributed by atoms with Gasteiger partial charge in [0.1, 0.15) is 10.2 Å². The van der Waals surface area contributed by atoms with Crippen molar-refractivity contribution in [3.63, 3.8) is 0 Å². The van der Waals surface area contributed by atoms with E-state index in [9.17, 15) is 4.79 Å². The molecule has 0 spiro atoms. The molecule has 0 unspecified atom stereocenters. The third-order valence-corrected chi connectivity index (χ3v) is 4.84. The molecule has 2 aromatic heterocycles. The van der Waals surface area contributed by atoms with Gasteiger partial charge in [0.2, 0.25) is 0 Å². The summed E-state index contributed by atoms with van der Waals surface area (Å²) in [5, 5.41) is 11.8. The van der Waals surface area contributed by atoms with Gasteiger partial charge in [-0.15, -0.1) is 0 Å². The summed E-state index contributed by atoms with van der Waals surface area (Å²) in [6.07, 6.45) is 0.658. The van der Waals surface area contributed by atoms with Crippen molar-refractivity contribution in [1.82, 2.24) is 20.3 Å². The first kappa shape index (κ1) is 18.5. The number of benzene rings is 1. The van der Waals surface area contributed by atoms with Crippen LogP contribution in [-0.2, 0) is 6.54 Å². The second-order valence-corrected chi connectivity index (χ2v) is 6.70. The molecule has 0 saturated heterocycles. The Morgan fingerprint density at radius 1 is 1.23 bits per heavy atom.